The molecule has 0 fully saturated rings. The Hall–Kier alpha value is -1.84. The fourth-order valence-corrected chi connectivity index (χ4v) is 1.66. The molecule has 0 N–H and O–H groups in total. The molecular formula is C12H15N3O. The molecule has 84 valence electrons. The van der Waals surface area contributed by atoms with Crippen molar-refractivity contribution in [1.82, 2.24) is 14.8 Å². The Bertz CT molecular complexity index is 477. The maximum atomic E-state index is 5.30. The summed E-state index contributed by atoms with van der Waals surface area (Å²) in [6, 6.07) is 6.01. The number of rotatable bonds is 3. The number of ether oxygens (including phenoxy) is 1. The van der Waals surface area contributed by atoms with E-state index in [9.17, 15) is 0 Å². The van der Waals surface area contributed by atoms with Gasteiger partial charge in [-0.25, -0.2) is 0 Å². The molecule has 0 saturated heterocycles. The number of pyridine rings is 1. The predicted octanol–water partition coefficient (Wildman–Crippen LogP) is 2.53. The molecule has 0 radical (unpaired) electrons. The topological polar surface area (TPSA) is 39.9 Å². The minimum Gasteiger partial charge on any atom is -0.494 e. The summed E-state index contributed by atoms with van der Waals surface area (Å²) in [6.45, 7) is 4.18. The molecule has 0 unspecified atom stereocenters. The third-order valence-corrected chi connectivity index (χ3v) is 2.39. The number of aromatic nitrogens is 3. The van der Waals surface area contributed by atoms with E-state index >= 15 is 0 Å². The van der Waals surface area contributed by atoms with Gasteiger partial charge in [0.25, 0.3) is 0 Å². The Labute approximate surface area is 94.9 Å². The SMILES string of the molecule is COc1cccnc1-c1ccnn1C(C)C. The van der Waals surface area contributed by atoms with Crippen molar-refractivity contribution in [3.05, 3.63) is 30.6 Å². The molecule has 2 aromatic heterocycles. The fourth-order valence-electron chi connectivity index (χ4n) is 1.66. The van der Waals surface area contributed by atoms with Crippen LogP contribution in [0.2, 0.25) is 0 Å². The van der Waals surface area contributed by atoms with Crippen LogP contribution in [0.4, 0.5) is 0 Å². The third-order valence-electron chi connectivity index (χ3n) is 2.39. The van der Waals surface area contributed by atoms with Crippen LogP contribution in [0, 0.1) is 0 Å². The van der Waals surface area contributed by atoms with Crippen LogP contribution in [0.3, 0.4) is 0 Å². The number of methoxy groups -OCH3 is 1. The van der Waals surface area contributed by atoms with Crippen molar-refractivity contribution in [2.24, 2.45) is 0 Å². The van der Waals surface area contributed by atoms with Crippen molar-refractivity contribution >= 4 is 0 Å². The summed E-state index contributed by atoms with van der Waals surface area (Å²) in [5, 5.41) is 4.29. The van der Waals surface area contributed by atoms with Gasteiger partial charge in [0.05, 0.1) is 12.8 Å². The van der Waals surface area contributed by atoms with Crippen molar-refractivity contribution in [1.29, 1.82) is 0 Å². The van der Waals surface area contributed by atoms with E-state index in [1.807, 2.05) is 22.9 Å². The van der Waals surface area contributed by atoms with E-state index in [0.29, 0.717) is 6.04 Å². The Kier molecular flexibility index (Phi) is 2.90. The van der Waals surface area contributed by atoms with E-state index in [-0.39, 0.29) is 0 Å². The van der Waals surface area contributed by atoms with Crippen molar-refractivity contribution in [3.63, 3.8) is 0 Å². The second-order valence-corrected chi connectivity index (χ2v) is 3.81. The van der Waals surface area contributed by atoms with Gasteiger partial charge < -0.3 is 4.74 Å². The van der Waals surface area contributed by atoms with Crippen molar-refractivity contribution < 1.29 is 4.74 Å². The van der Waals surface area contributed by atoms with E-state index < -0.39 is 0 Å². The Morgan fingerprint density at radius 1 is 1.25 bits per heavy atom. The second-order valence-electron chi connectivity index (χ2n) is 3.81. The lowest BCUT2D eigenvalue weighted by Gasteiger charge is -2.12. The molecule has 16 heavy (non-hydrogen) atoms. The predicted molar refractivity (Wildman–Crippen MR) is 62.4 cm³/mol. The standard InChI is InChI=1S/C12H15N3O/c1-9(2)15-10(6-8-14-15)12-11(16-3)5-4-7-13-12/h4-9H,1-3H3. The summed E-state index contributed by atoms with van der Waals surface area (Å²) in [5.41, 5.74) is 1.81. The van der Waals surface area contributed by atoms with Crippen LogP contribution >= 0.6 is 0 Å². The minimum atomic E-state index is 0.303. The number of nitrogens with zero attached hydrogens (tertiary/aromatic N) is 3. The monoisotopic (exact) mass is 217 g/mol. The molecule has 4 heteroatoms. The lowest BCUT2D eigenvalue weighted by atomic mass is 10.2. The molecule has 2 heterocycles. The second kappa shape index (κ2) is 4.35. The summed E-state index contributed by atoms with van der Waals surface area (Å²) in [4.78, 5) is 4.35. The average molecular weight is 217 g/mol. The quantitative estimate of drug-likeness (QED) is 0.793. The van der Waals surface area contributed by atoms with E-state index in [1.54, 1.807) is 19.5 Å². The third kappa shape index (κ3) is 1.78. The smallest absolute Gasteiger partial charge is 0.146 e. The Morgan fingerprint density at radius 2 is 2.06 bits per heavy atom. The first kappa shape index (κ1) is 10.7. The first-order chi connectivity index (χ1) is 7.74. The molecule has 0 spiro atoms. The molecule has 0 aliphatic rings. The van der Waals surface area contributed by atoms with Gasteiger partial charge in [0.1, 0.15) is 11.4 Å². The van der Waals surface area contributed by atoms with Gasteiger partial charge >= 0.3 is 0 Å². The summed E-state index contributed by atoms with van der Waals surface area (Å²) < 4.78 is 7.24. The summed E-state index contributed by atoms with van der Waals surface area (Å²) >= 11 is 0. The van der Waals surface area contributed by atoms with E-state index in [0.717, 1.165) is 17.1 Å². The highest BCUT2D eigenvalue weighted by molar-refractivity contribution is 5.62. The Morgan fingerprint density at radius 3 is 2.75 bits per heavy atom. The van der Waals surface area contributed by atoms with Crippen molar-refractivity contribution in [2.45, 2.75) is 19.9 Å². The maximum Gasteiger partial charge on any atom is 0.146 e. The van der Waals surface area contributed by atoms with Gasteiger partial charge in [-0.15, -0.1) is 0 Å². The minimum absolute atomic E-state index is 0.303. The van der Waals surface area contributed by atoms with Crippen molar-refractivity contribution in [2.75, 3.05) is 7.11 Å². The van der Waals surface area contributed by atoms with E-state index in [1.165, 1.54) is 0 Å². The molecule has 0 atom stereocenters. The zero-order valence-corrected chi connectivity index (χ0v) is 9.71. The molecule has 0 saturated carbocycles. The molecule has 0 aliphatic heterocycles. The Balaban J connectivity index is 2.54. The summed E-state index contributed by atoms with van der Waals surface area (Å²) in [7, 11) is 1.65. The van der Waals surface area contributed by atoms with Gasteiger partial charge in [0.15, 0.2) is 0 Å². The van der Waals surface area contributed by atoms with Gasteiger partial charge in [0.2, 0.25) is 0 Å². The fraction of sp³-hybridized carbons (Fsp3) is 0.333. The van der Waals surface area contributed by atoms with Crippen LogP contribution in [0.25, 0.3) is 11.4 Å². The summed E-state index contributed by atoms with van der Waals surface area (Å²) in [5.74, 6) is 0.768. The molecule has 0 bridgehead atoms. The van der Waals surface area contributed by atoms with Gasteiger partial charge in [-0.3, -0.25) is 9.67 Å². The van der Waals surface area contributed by atoms with Crippen LogP contribution in [-0.4, -0.2) is 21.9 Å². The van der Waals surface area contributed by atoms with Gasteiger partial charge in [-0.1, -0.05) is 0 Å². The maximum absolute atomic E-state index is 5.30. The molecule has 0 amide bonds. The molecule has 2 aromatic rings. The highest BCUT2D eigenvalue weighted by Gasteiger charge is 2.13. The zero-order chi connectivity index (χ0) is 11.5. The zero-order valence-electron chi connectivity index (χ0n) is 9.71. The van der Waals surface area contributed by atoms with Crippen molar-refractivity contribution in [3.8, 4) is 17.1 Å². The lowest BCUT2D eigenvalue weighted by Crippen LogP contribution is -2.05. The van der Waals surface area contributed by atoms with Crippen LogP contribution in [0.1, 0.15) is 19.9 Å². The highest BCUT2D eigenvalue weighted by atomic mass is 16.5. The molecule has 0 aromatic carbocycles. The first-order valence-corrected chi connectivity index (χ1v) is 5.27. The normalized spacial score (nSPS) is 10.8. The van der Waals surface area contributed by atoms with Crippen LogP contribution < -0.4 is 4.74 Å². The van der Waals surface area contributed by atoms with Crippen LogP contribution in [0.5, 0.6) is 5.75 Å². The molecule has 0 aliphatic carbocycles. The lowest BCUT2D eigenvalue weighted by molar-refractivity contribution is 0.413. The van der Waals surface area contributed by atoms with Crippen LogP contribution in [-0.2, 0) is 0 Å². The number of hydrogen-bond donors (Lipinski definition) is 0. The highest BCUT2D eigenvalue weighted by Crippen LogP contribution is 2.28. The summed E-state index contributed by atoms with van der Waals surface area (Å²) in [6.07, 6.45) is 3.54. The average Bonchev–Trinajstić information content (AvgIpc) is 2.77. The van der Waals surface area contributed by atoms with E-state index in [2.05, 4.69) is 23.9 Å². The van der Waals surface area contributed by atoms with Crippen LogP contribution in [0.15, 0.2) is 30.6 Å². The van der Waals surface area contributed by atoms with E-state index in [4.69, 9.17) is 4.74 Å². The first-order valence-electron chi connectivity index (χ1n) is 5.27. The molecule has 2 rings (SSSR count). The number of hydrogen-bond acceptors (Lipinski definition) is 3. The van der Waals surface area contributed by atoms with Gasteiger partial charge in [-0.05, 0) is 32.0 Å². The van der Waals surface area contributed by atoms with Gasteiger partial charge in [-0.2, -0.15) is 5.10 Å². The van der Waals surface area contributed by atoms with Gasteiger partial charge in [0, 0.05) is 18.4 Å². The molecular weight excluding hydrogens is 202 g/mol. The largest absolute Gasteiger partial charge is 0.494 e. The molecule has 4 nitrogen and oxygen atoms in total.